The van der Waals surface area contributed by atoms with Gasteiger partial charge >= 0.3 is 0 Å². The molecule has 3 heterocycles. The minimum absolute atomic E-state index is 0.0894. The average molecular weight is 595 g/mol. The molecule has 0 aliphatic carbocycles. The van der Waals surface area contributed by atoms with E-state index in [2.05, 4.69) is 59.2 Å². The molecule has 4 aromatic rings. The van der Waals surface area contributed by atoms with Gasteiger partial charge in [0.05, 0.1) is 22.4 Å². The van der Waals surface area contributed by atoms with Crippen molar-refractivity contribution in [1.82, 2.24) is 14.9 Å². The Labute approximate surface area is 234 Å². The van der Waals surface area contributed by atoms with E-state index in [0.29, 0.717) is 15.8 Å². The van der Waals surface area contributed by atoms with Crippen LogP contribution in [0.4, 0.5) is 11.4 Å². The zero-order valence-corrected chi connectivity index (χ0v) is 23.4. The third-order valence-electron chi connectivity index (χ3n) is 6.30. The minimum Gasteiger partial charge on any atom is -0.351 e. The van der Waals surface area contributed by atoms with Crippen LogP contribution in [0.25, 0.3) is 5.69 Å². The van der Waals surface area contributed by atoms with E-state index in [4.69, 9.17) is 23.8 Å². The number of nitrogens with zero attached hydrogens (tertiary/aromatic N) is 3. The molecule has 9 heteroatoms. The molecule has 0 bridgehead atoms. The first-order valence-electron chi connectivity index (χ1n) is 11.9. The number of carbonyl (C=O) groups excluding carboxylic acids is 1. The zero-order chi connectivity index (χ0) is 26.1. The fourth-order valence-corrected chi connectivity index (χ4v) is 5.27. The zero-order valence-electron chi connectivity index (χ0n) is 20.2. The maximum absolute atomic E-state index is 12.2. The van der Waals surface area contributed by atoms with Gasteiger partial charge in [-0.2, -0.15) is 0 Å². The Morgan fingerprint density at radius 1 is 1.08 bits per heavy atom. The molecule has 6 nitrogen and oxygen atoms in total. The molecule has 0 unspecified atom stereocenters. The van der Waals surface area contributed by atoms with Crippen molar-refractivity contribution in [2.24, 2.45) is 5.92 Å². The Hall–Kier alpha value is -3.20. The van der Waals surface area contributed by atoms with Gasteiger partial charge in [-0.05, 0) is 78.9 Å². The Morgan fingerprint density at radius 2 is 1.84 bits per heavy atom. The fourth-order valence-electron chi connectivity index (χ4n) is 4.44. The average Bonchev–Trinajstić information content (AvgIpc) is 3.50. The molecule has 2 aromatic heterocycles. The van der Waals surface area contributed by atoms with Crippen LogP contribution in [0.5, 0.6) is 0 Å². The van der Waals surface area contributed by atoms with Gasteiger partial charge in [0.15, 0.2) is 5.11 Å². The van der Waals surface area contributed by atoms with E-state index in [9.17, 15) is 4.79 Å². The molecule has 1 fully saturated rings. The number of hydrogen-bond donors (Lipinski definition) is 2. The van der Waals surface area contributed by atoms with Crippen LogP contribution in [-0.4, -0.2) is 20.6 Å². The number of pyridine rings is 1. The first kappa shape index (κ1) is 25.4. The molecule has 188 valence electrons. The highest BCUT2D eigenvalue weighted by Gasteiger charge is 2.42. The third-order valence-corrected chi connectivity index (χ3v) is 7.46. The van der Waals surface area contributed by atoms with E-state index in [1.165, 1.54) is 0 Å². The quantitative estimate of drug-likeness (QED) is 0.234. The SMILES string of the molecule is CC(C)C(=O)Nc1ccc(N2C(=S)N[C@H](c3ccccn3)[C@@H]2c2cccn2-c2ccc(Br)cc2)cc1Cl. The Morgan fingerprint density at radius 3 is 2.51 bits per heavy atom. The highest BCUT2D eigenvalue weighted by atomic mass is 79.9. The summed E-state index contributed by atoms with van der Waals surface area (Å²) in [6.07, 6.45) is 3.84. The van der Waals surface area contributed by atoms with Crippen LogP contribution in [0, 0.1) is 5.92 Å². The maximum atomic E-state index is 12.2. The number of benzene rings is 2. The summed E-state index contributed by atoms with van der Waals surface area (Å²) in [4.78, 5) is 18.9. The van der Waals surface area contributed by atoms with Crippen molar-refractivity contribution < 1.29 is 4.79 Å². The van der Waals surface area contributed by atoms with Crippen LogP contribution in [0.2, 0.25) is 5.02 Å². The van der Waals surface area contributed by atoms with Crippen molar-refractivity contribution in [1.29, 1.82) is 0 Å². The Balaban J connectivity index is 1.59. The van der Waals surface area contributed by atoms with Gasteiger partial charge in [0.25, 0.3) is 0 Å². The summed E-state index contributed by atoms with van der Waals surface area (Å²) in [5, 5.41) is 7.39. The lowest BCUT2D eigenvalue weighted by Crippen LogP contribution is -2.30. The number of anilines is 2. The minimum atomic E-state index is -0.215. The maximum Gasteiger partial charge on any atom is 0.226 e. The summed E-state index contributed by atoms with van der Waals surface area (Å²) in [6, 6.07) is 23.4. The normalized spacial score (nSPS) is 17.2. The summed E-state index contributed by atoms with van der Waals surface area (Å²) < 4.78 is 3.18. The number of thiocarbonyl (C=S) groups is 1. The summed E-state index contributed by atoms with van der Waals surface area (Å²) >= 11 is 16.0. The highest BCUT2D eigenvalue weighted by Crippen LogP contribution is 2.43. The molecule has 0 saturated carbocycles. The number of aromatic nitrogens is 2. The van der Waals surface area contributed by atoms with Gasteiger partial charge in [-0.3, -0.25) is 9.78 Å². The van der Waals surface area contributed by atoms with Gasteiger partial charge in [0.1, 0.15) is 6.04 Å². The molecule has 0 spiro atoms. The molecule has 2 aromatic carbocycles. The summed E-state index contributed by atoms with van der Waals surface area (Å²) in [5.41, 5.74) is 4.34. The van der Waals surface area contributed by atoms with Gasteiger partial charge in [0, 0.05) is 39.9 Å². The summed E-state index contributed by atoms with van der Waals surface area (Å²) in [7, 11) is 0. The number of rotatable bonds is 6. The van der Waals surface area contributed by atoms with E-state index in [-0.39, 0.29) is 23.9 Å². The van der Waals surface area contributed by atoms with Gasteiger partial charge < -0.3 is 20.1 Å². The number of halogens is 2. The number of hydrogen-bond acceptors (Lipinski definition) is 3. The van der Waals surface area contributed by atoms with Crippen molar-refractivity contribution in [2.75, 3.05) is 10.2 Å². The smallest absolute Gasteiger partial charge is 0.226 e. The van der Waals surface area contributed by atoms with Crippen LogP contribution < -0.4 is 15.5 Å². The number of amides is 1. The number of carbonyl (C=O) groups is 1. The molecule has 37 heavy (non-hydrogen) atoms. The molecule has 2 atom stereocenters. The van der Waals surface area contributed by atoms with Crippen molar-refractivity contribution in [3.63, 3.8) is 0 Å². The highest BCUT2D eigenvalue weighted by molar-refractivity contribution is 9.10. The lowest BCUT2D eigenvalue weighted by molar-refractivity contribution is -0.118. The van der Waals surface area contributed by atoms with Crippen LogP contribution >= 0.6 is 39.7 Å². The van der Waals surface area contributed by atoms with E-state index in [0.717, 1.165) is 27.2 Å². The molecule has 1 aliphatic heterocycles. The van der Waals surface area contributed by atoms with Crippen LogP contribution in [0.3, 0.4) is 0 Å². The summed E-state index contributed by atoms with van der Waals surface area (Å²) in [6.45, 7) is 3.68. The topological polar surface area (TPSA) is 62.2 Å². The molecule has 1 saturated heterocycles. The third kappa shape index (κ3) is 5.14. The number of nitrogens with one attached hydrogen (secondary N) is 2. The predicted molar refractivity (Wildman–Crippen MR) is 156 cm³/mol. The molecular weight excluding hydrogens is 570 g/mol. The second-order valence-electron chi connectivity index (χ2n) is 9.08. The lowest BCUT2D eigenvalue weighted by Gasteiger charge is -2.29. The van der Waals surface area contributed by atoms with E-state index < -0.39 is 0 Å². The van der Waals surface area contributed by atoms with E-state index in [1.54, 1.807) is 6.20 Å². The largest absolute Gasteiger partial charge is 0.351 e. The van der Waals surface area contributed by atoms with Crippen molar-refractivity contribution in [3.05, 3.63) is 106 Å². The first-order chi connectivity index (χ1) is 17.8. The van der Waals surface area contributed by atoms with Gasteiger partial charge in [0.2, 0.25) is 5.91 Å². The van der Waals surface area contributed by atoms with Gasteiger partial charge in [-0.15, -0.1) is 0 Å². The molecular formula is C28H25BrClN5OS. The molecule has 5 rings (SSSR count). The monoisotopic (exact) mass is 593 g/mol. The van der Waals surface area contributed by atoms with Crippen LogP contribution in [0.1, 0.15) is 37.3 Å². The molecule has 2 N–H and O–H groups in total. The lowest BCUT2D eigenvalue weighted by atomic mass is 10.0. The first-order valence-corrected chi connectivity index (χ1v) is 13.5. The second kappa shape index (κ2) is 10.7. The van der Waals surface area contributed by atoms with Crippen LogP contribution in [-0.2, 0) is 4.79 Å². The Bertz CT molecular complexity index is 1440. The van der Waals surface area contributed by atoms with Crippen molar-refractivity contribution in [3.8, 4) is 5.69 Å². The van der Waals surface area contributed by atoms with Gasteiger partial charge in [-0.1, -0.05) is 47.4 Å². The fraction of sp³-hybridized carbons (Fsp3) is 0.179. The second-order valence-corrected chi connectivity index (χ2v) is 10.8. The standard InChI is InChI=1S/C28H25BrClN5OS/c1-17(2)27(36)32-22-13-12-20(16-21(22)30)35-26(25(33-28(35)37)23-6-3-4-14-31-23)24-7-5-15-34(24)19-10-8-18(29)9-11-19/h3-17,25-26H,1-2H3,(H,32,36)(H,33,37)/t25-,26+/m1/s1. The molecule has 0 radical (unpaired) electrons. The van der Waals surface area contributed by atoms with E-state index >= 15 is 0 Å². The van der Waals surface area contributed by atoms with Gasteiger partial charge in [-0.25, -0.2) is 0 Å². The molecule has 1 aliphatic rings. The summed E-state index contributed by atoms with van der Waals surface area (Å²) in [5.74, 6) is -0.241. The van der Waals surface area contributed by atoms with E-state index in [1.807, 2.05) is 74.6 Å². The molecule has 1 amide bonds. The van der Waals surface area contributed by atoms with Crippen molar-refractivity contribution in [2.45, 2.75) is 25.9 Å². The predicted octanol–water partition coefficient (Wildman–Crippen LogP) is 7.06. The van der Waals surface area contributed by atoms with Crippen molar-refractivity contribution >= 4 is 62.1 Å². The Kier molecular flexibility index (Phi) is 7.33. The van der Waals surface area contributed by atoms with Crippen LogP contribution in [0.15, 0.2) is 89.7 Å².